The Labute approximate surface area is 189 Å². The van der Waals surface area contributed by atoms with Gasteiger partial charge in [0.1, 0.15) is 19.0 Å². The normalized spacial score (nSPS) is 15.6. The topological polar surface area (TPSA) is 69.0 Å². The third-order valence-corrected chi connectivity index (χ3v) is 6.51. The molecule has 0 aliphatic carbocycles. The molecule has 2 aliphatic rings. The maximum atomic E-state index is 13.6. The molecule has 3 heterocycles. The van der Waals surface area contributed by atoms with E-state index in [1.807, 2.05) is 38.1 Å². The van der Waals surface area contributed by atoms with Gasteiger partial charge >= 0.3 is 0 Å². The number of nitrogens with zero attached hydrogens (tertiary/aromatic N) is 1. The Hall–Kier alpha value is -3.45. The highest BCUT2D eigenvalue weighted by Crippen LogP contribution is 2.42. The van der Waals surface area contributed by atoms with Gasteiger partial charge in [0, 0.05) is 6.07 Å². The van der Waals surface area contributed by atoms with Crippen LogP contribution in [-0.4, -0.2) is 25.0 Å². The van der Waals surface area contributed by atoms with Gasteiger partial charge in [0.25, 0.3) is 11.8 Å². The van der Waals surface area contributed by atoms with Gasteiger partial charge in [-0.05, 0) is 49.2 Å². The average Bonchev–Trinajstić information content (AvgIpc) is 3.38. The van der Waals surface area contributed by atoms with Crippen molar-refractivity contribution in [2.24, 2.45) is 0 Å². The van der Waals surface area contributed by atoms with Crippen molar-refractivity contribution in [3.63, 3.8) is 0 Å². The van der Waals surface area contributed by atoms with E-state index < -0.39 is 0 Å². The molecule has 2 aliphatic heterocycles. The van der Waals surface area contributed by atoms with Gasteiger partial charge in [-0.25, -0.2) is 4.90 Å². The zero-order valence-electron chi connectivity index (χ0n) is 17.7. The molecule has 3 aromatic rings. The van der Waals surface area contributed by atoms with E-state index in [0.717, 1.165) is 22.5 Å². The minimum Gasteiger partial charge on any atom is -0.486 e. The molecule has 162 valence electrons. The summed E-state index contributed by atoms with van der Waals surface area (Å²) < 4.78 is 16.7. The largest absolute Gasteiger partial charge is 0.486 e. The van der Waals surface area contributed by atoms with E-state index in [0.29, 0.717) is 46.6 Å². The number of anilines is 1. The highest BCUT2D eigenvalue weighted by molar-refractivity contribution is 8.03. The lowest BCUT2D eigenvalue weighted by molar-refractivity contribution is -0.119. The first-order chi connectivity index (χ1) is 15.5. The molecule has 0 unspecified atom stereocenters. The van der Waals surface area contributed by atoms with E-state index in [2.05, 4.69) is 0 Å². The monoisotopic (exact) mass is 447 g/mol. The first-order valence-electron chi connectivity index (χ1n) is 10.3. The summed E-state index contributed by atoms with van der Waals surface area (Å²) in [5.41, 5.74) is 3.67. The van der Waals surface area contributed by atoms with Gasteiger partial charge in [-0.15, -0.1) is 11.8 Å². The lowest BCUT2D eigenvalue weighted by atomic mass is 9.99. The highest BCUT2D eigenvalue weighted by atomic mass is 32.2. The number of benzene rings is 2. The van der Waals surface area contributed by atoms with Crippen LogP contribution in [0.1, 0.15) is 22.5 Å². The number of carbonyl (C=O) groups excluding carboxylic acids is 2. The standard InChI is InChI=1S/C25H21NO5S/c1-15-5-7-19(16(2)12-15)22-23(32-14-18-4-3-9-29-18)25(28)26(24(22)27)17-6-8-20-21(13-17)31-11-10-30-20/h3-9,12-13H,10-11,14H2,1-2H3. The molecular formula is C25H21NO5S. The SMILES string of the molecule is Cc1ccc(C2=C(SCc3ccco3)C(=O)N(c3ccc4c(c3)OCCO4)C2=O)c(C)c1. The van der Waals surface area contributed by atoms with Gasteiger partial charge in [-0.2, -0.15) is 0 Å². The number of fused-ring (bicyclic) bond motifs is 1. The Morgan fingerprint density at radius 3 is 2.50 bits per heavy atom. The molecule has 7 heteroatoms. The Morgan fingerprint density at radius 2 is 1.75 bits per heavy atom. The molecule has 0 saturated heterocycles. The predicted octanol–water partition coefficient (Wildman–Crippen LogP) is 4.89. The number of ether oxygens (including phenoxy) is 2. The molecule has 0 spiro atoms. The molecule has 0 N–H and O–H groups in total. The van der Waals surface area contributed by atoms with E-state index >= 15 is 0 Å². The number of aryl methyl sites for hydroxylation is 2. The number of hydrogen-bond acceptors (Lipinski definition) is 6. The van der Waals surface area contributed by atoms with E-state index in [1.165, 1.54) is 16.7 Å². The molecule has 0 atom stereocenters. The average molecular weight is 448 g/mol. The fourth-order valence-electron chi connectivity index (χ4n) is 3.92. The Bertz CT molecular complexity index is 1250. The second kappa shape index (κ2) is 8.24. The summed E-state index contributed by atoms with van der Waals surface area (Å²) in [6.07, 6.45) is 1.60. The Morgan fingerprint density at radius 1 is 0.938 bits per heavy atom. The molecule has 32 heavy (non-hydrogen) atoms. The number of hydrogen-bond donors (Lipinski definition) is 0. The summed E-state index contributed by atoms with van der Waals surface area (Å²) in [6.45, 7) is 4.85. The van der Waals surface area contributed by atoms with E-state index in [1.54, 1.807) is 30.5 Å². The molecule has 1 aromatic heterocycles. The summed E-state index contributed by atoms with van der Waals surface area (Å²) in [6, 6.07) is 14.7. The zero-order valence-corrected chi connectivity index (χ0v) is 18.5. The molecule has 2 aromatic carbocycles. The smallest absolute Gasteiger partial charge is 0.272 e. The van der Waals surface area contributed by atoms with Crippen molar-refractivity contribution >= 4 is 34.8 Å². The van der Waals surface area contributed by atoms with E-state index in [-0.39, 0.29) is 11.8 Å². The van der Waals surface area contributed by atoms with Crippen LogP contribution in [0, 0.1) is 13.8 Å². The van der Waals surface area contributed by atoms with Gasteiger partial charge in [-0.3, -0.25) is 9.59 Å². The lowest BCUT2D eigenvalue weighted by Crippen LogP contribution is -2.31. The highest BCUT2D eigenvalue weighted by Gasteiger charge is 2.41. The molecule has 0 bridgehead atoms. The van der Waals surface area contributed by atoms with Gasteiger partial charge in [-0.1, -0.05) is 23.8 Å². The van der Waals surface area contributed by atoms with Crippen molar-refractivity contribution in [2.45, 2.75) is 19.6 Å². The fraction of sp³-hybridized carbons (Fsp3) is 0.200. The Kier molecular flexibility index (Phi) is 5.27. The van der Waals surface area contributed by atoms with Crippen LogP contribution in [-0.2, 0) is 15.3 Å². The second-order valence-electron chi connectivity index (χ2n) is 7.66. The summed E-state index contributed by atoms with van der Waals surface area (Å²) in [5.74, 6) is 1.62. The van der Waals surface area contributed by atoms with Crippen LogP contribution in [0.3, 0.4) is 0 Å². The van der Waals surface area contributed by atoms with Crippen LogP contribution < -0.4 is 14.4 Å². The van der Waals surface area contributed by atoms with Crippen molar-refractivity contribution < 1.29 is 23.5 Å². The summed E-state index contributed by atoms with van der Waals surface area (Å²) >= 11 is 1.31. The molecule has 5 rings (SSSR count). The van der Waals surface area contributed by atoms with Crippen molar-refractivity contribution in [2.75, 3.05) is 18.1 Å². The summed E-state index contributed by atoms with van der Waals surface area (Å²) in [5, 5.41) is 0. The Balaban J connectivity index is 1.56. The molecule has 0 saturated carbocycles. The maximum Gasteiger partial charge on any atom is 0.272 e. The molecule has 0 radical (unpaired) electrons. The minimum absolute atomic E-state index is 0.347. The van der Waals surface area contributed by atoms with E-state index in [9.17, 15) is 9.59 Å². The number of thioether (sulfide) groups is 1. The number of carbonyl (C=O) groups is 2. The number of furan rings is 1. The molecule has 6 nitrogen and oxygen atoms in total. The number of rotatable bonds is 5. The first kappa shape index (κ1) is 20.5. The molecular weight excluding hydrogens is 426 g/mol. The zero-order chi connectivity index (χ0) is 22.2. The minimum atomic E-state index is -0.349. The van der Waals surface area contributed by atoms with Gasteiger partial charge in [0.05, 0.1) is 28.2 Å². The quantitative estimate of drug-likeness (QED) is 0.519. The van der Waals surface area contributed by atoms with Crippen molar-refractivity contribution in [1.29, 1.82) is 0 Å². The van der Waals surface area contributed by atoms with Crippen LogP contribution in [0.5, 0.6) is 11.5 Å². The van der Waals surface area contributed by atoms with Crippen LogP contribution in [0.25, 0.3) is 5.57 Å². The van der Waals surface area contributed by atoms with Crippen LogP contribution in [0.4, 0.5) is 5.69 Å². The van der Waals surface area contributed by atoms with Crippen molar-refractivity contribution in [3.8, 4) is 11.5 Å². The van der Waals surface area contributed by atoms with Crippen molar-refractivity contribution in [3.05, 3.63) is 82.1 Å². The van der Waals surface area contributed by atoms with Crippen LogP contribution >= 0.6 is 11.8 Å². The molecule has 2 amide bonds. The summed E-state index contributed by atoms with van der Waals surface area (Å²) in [4.78, 5) is 28.8. The first-order valence-corrected chi connectivity index (χ1v) is 11.3. The van der Waals surface area contributed by atoms with Gasteiger partial charge in [0.15, 0.2) is 11.5 Å². The van der Waals surface area contributed by atoms with Gasteiger partial charge < -0.3 is 13.9 Å². The third-order valence-electron chi connectivity index (χ3n) is 5.42. The van der Waals surface area contributed by atoms with Gasteiger partial charge in [0.2, 0.25) is 0 Å². The number of imide groups is 1. The van der Waals surface area contributed by atoms with Crippen molar-refractivity contribution in [1.82, 2.24) is 0 Å². The summed E-state index contributed by atoms with van der Waals surface area (Å²) in [7, 11) is 0. The van der Waals surface area contributed by atoms with Crippen LogP contribution in [0.2, 0.25) is 0 Å². The number of amides is 2. The van der Waals surface area contributed by atoms with Crippen LogP contribution in [0.15, 0.2) is 64.1 Å². The maximum absolute atomic E-state index is 13.6. The third kappa shape index (κ3) is 3.58. The second-order valence-corrected chi connectivity index (χ2v) is 8.65. The predicted molar refractivity (Wildman–Crippen MR) is 123 cm³/mol. The fourth-order valence-corrected chi connectivity index (χ4v) is 4.93. The molecule has 0 fully saturated rings. The van der Waals surface area contributed by atoms with E-state index in [4.69, 9.17) is 13.9 Å². The lowest BCUT2D eigenvalue weighted by Gasteiger charge is -2.21.